The molecule has 0 spiro atoms. The summed E-state index contributed by atoms with van der Waals surface area (Å²) < 4.78 is 5.82. The Morgan fingerprint density at radius 3 is 2.94 bits per heavy atom. The monoisotopic (exact) mass is 218 g/mol. The number of carbonyl (C=O) groups is 1. The van der Waals surface area contributed by atoms with E-state index in [2.05, 4.69) is 0 Å². The molecule has 1 saturated carbocycles. The summed E-state index contributed by atoms with van der Waals surface area (Å²) in [7, 11) is 0. The van der Waals surface area contributed by atoms with E-state index in [1.807, 2.05) is 12.1 Å². The Morgan fingerprint density at radius 2 is 2.12 bits per heavy atom. The van der Waals surface area contributed by atoms with Gasteiger partial charge in [-0.1, -0.05) is 18.6 Å². The van der Waals surface area contributed by atoms with E-state index in [1.54, 1.807) is 6.07 Å². The van der Waals surface area contributed by atoms with Gasteiger partial charge in [-0.3, -0.25) is 0 Å². The molecule has 0 aromatic heterocycles. The third-order valence-corrected chi connectivity index (χ3v) is 3.65. The molecule has 0 unspecified atom stereocenters. The Kier molecular flexibility index (Phi) is 2.13. The average molecular weight is 218 g/mol. The number of carboxylic acids is 1. The lowest BCUT2D eigenvalue weighted by Crippen LogP contribution is -2.22. The second kappa shape index (κ2) is 3.51. The molecule has 1 aliphatic heterocycles. The molecule has 3 rings (SSSR count). The van der Waals surface area contributed by atoms with E-state index in [4.69, 9.17) is 9.84 Å². The standard InChI is InChI=1S/C13H14O3/c14-13(15)10-6-3-5-9-8-4-1-2-7-11(8)16-12(9)10/h3,5-6,8,11H,1-2,4,7H2,(H,14,15)/t8-,11-/m0/s1. The lowest BCUT2D eigenvalue weighted by molar-refractivity contribution is 0.0689. The number of hydrogen-bond donors (Lipinski definition) is 1. The lowest BCUT2D eigenvalue weighted by Gasteiger charge is -2.23. The first-order chi connectivity index (χ1) is 7.77. The first-order valence-corrected chi connectivity index (χ1v) is 5.80. The molecular formula is C13H14O3. The van der Waals surface area contributed by atoms with Crippen LogP contribution in [0.1, 0.15) is 47.5 Å². The summed E-state index contributed by atoms with van der Waals surface area (Å²) in [5, 5.41) is 9.10. The summed E-state index contributed by atoms with van der Waals surface area (Å²) in [4.78, 5) is 11.1. The van der Waals surface area contributed by atoms with E-state index in [0.29, 0.717) is 17.2 Å². The molecule has 1 heterocycles. The summed E-state index contributed by atoms with van der Waals surface area (Å²) in [6, 6.07) is 5.46. The molecule has 2 aliphatic rings. The highest BCUT2D eigenvalue weighted by Crippen LogP contribution is 2.46. The van der Waals surface area contributed by atoms with Crippen LogP contribution in [-0.2, 0) is 0 Å². The van der Waals surface area contributed by atoms with Crippen LogP contribution in [0.5, 0.6) is 5.75 Å². The molecule has 0 saturated heterocycles. The molecule has 84 valence electrons. The summed E-state index contributed by atoms with van der Waals surface area (Å²) in [5.41, 5.74) is 1.41. The minimum Gasteiger partial charge on any atom is -0.489 e. The average Bonchev–Trinajstić information content (AvgIpc) is 2.67. The highest BCUT2D eigenvalue weighted by molar-refractivity contribution is 5.91. The zero-order chi connectivity index (χ0) is 11.1. The maximum atomic E-state index is 11.1. The molecule has 1 aromatic rings. The van der Waals surface area contributed by atoms with Crippen LogP contribution in [0, 0.1) is 0 Å². The minimum atomic E-state index is -0.893. The van der Waals surface area contributed by atoms with E-state index in [1.165, 1.54) is 12.8 Å². The van der Waals surface area contributed by atoms with Crippen molar-refractivity contribution in [3.05, 3.63) is 29.3 Å². The van der Waals surface area contributed by atoms with Crippen LogP contribution in [0.2, 0.25) is 0 Å². The first kappa shape index (κ1) is 9.70. The van der Waals surface area contributed by atoms with Crippen LogP contribution >= 0.6 is 0 Å². The minimum absolute atomic E-state index is 0.212. The SMILES string of the molecule is O=C(O)c1cccc2c1O[C@H]1CCCC[C@@H]21. The van der Waals surface area contributed by atoms with E-state index in [-0.39, 0.29) is 6.10 Å². The molecular weight excluding hydrogens is 204 g/mol. The van der Waals surface area contributed by atoms with Crippen molar-refractivity contribution in [1.82, 2.24) is 0 Å². The number of hydrogen-bond acceptors (Lipinski definition) is 2. The Balaban J connectivity index is 2.07. The topological polar surface area (TPSA) is 46.5 Å². The van der Waals surface area contributed by atoms with E-state index < -0.39 is 5.97 Å². The Bertz CT molecular complexity index is 439. The van der Waals surface area contributed by atoms with E-state index in [0.717, 1.165) is 18.4 Å². The molecule has 0 amide bonds. The van der Waals surface area contributed by atoms with Gasteiger partial charge in [0.15, 0.2) is 0 Å². The number of benzene rings is 1. The molecule has 3 nitrogen and oxygen atoms in total. The summed E-state index contributed by atoms with van der Waals surface area (Å²) in [5.74, 6) is 0.144. The normalized spacial score (nSPS) is 26.8. The predicted molar refractivity (Wildman–Crippen MR) is 59.0 cm³/mol. The molecule has 2 atom stereocenters. The fourth-order valence-corrected chi connectivity index (χ4v) is 2.89. The van der Waals surface area contributed by atoms with Crippen molar-refractivity contribution in [1.29, 1.82) is 0 Å². The van der Waals surface area contributed by atoms with Crippen LogP contribution in [-0.4, -0.2) is 17.2 Å². The van der Waals surface area contributed by atoms with Gasteiger partial charge in [0.25, 0.3) is 0 Å². The van der Waals surface area contributed by atoms with Gasteiger partial charge in [-0.05, 0) is 25.3 Å². The number of ether oxygens (including phenoxy) is 1. The van der Waals surface area contributed by atoms with Gasteiger partial charge in [-0.25, -0.2) is 4.79 Å². The van der Waals surface area contributed by atoms with Gasteiger partial charge < -0.3 is 9.84 Å². The first-order valence-electron chi connectivity index (χ1n) is 5.80. The largest absolute Gasteiger partial charge is 0.489 e. The molecule has 16 heavy (non-hydrogen) atoms. The van der Waals surface area contributed by atoms with Gasteiger partial charge >= 0.3 is 5.97 Å². The van der Waals surface area contributed by atoms with E-state index >= 15 is 0 Å². The van der Waals surface area contributed by atoms with Crippen molar-refractivity contribution in [2.45, 2.75) is 37.7 Å². The number of fused-ring (bicyclic) bond motifs is 3. The maximum absolute atomic E-state index is 11.1. The molecule has 3 heteroatoms. The number of rotatable bonds is 1. The van der Waals surface area contributed by atoms with Crippen molar-refractivity contribution >= 4 is 5.97 Å². The molecule has 1 aromatic carbocycles. The summed E-state index contributed by atoms with van der Waals surface area (Å²) >= 11 is 0. The van der Waals surface area contributed by atoms with Crippen LogP contribution in [0.15, 0.2) is 18.2 Å². The smallest absolute Gasteiger partial charge is 0.339 e. The van der Waals surface area contributed by atoms with Crippen molar-refractivity contribution < 1.29 is 14.6 Å². The Labute approximate surface area is 94.0 Å². The lowest BCUT2D eigenvalue weighted by atomic mass is 9.83. The summed E-state index contributed by atoms with van der Waals surface area (Å²) in [6.45, 7) is 0. The van der Waals surface area contributed by atoms with Crippen LogP contribution < -0.4 is 4.74 Å². The predicted octanol–water partition coefficient (Wildman–Crippen LogP) is 2.80. The fourth-order valence-electron chi connectivity index (χ4n) is 2.89. The fraction of sp³-hybridized carbons (Fsp3) is 0.462. The van der Waals surface area contributed by atoms with Gasteiger partial charge in [0, 0.05) is 11.5 Å². The zero-order valence-electron chi connectivity index (χ0n) is 8.98. The van der Waals surface area contributed by atoms with Gasteiger partial charge in [0.2, 0.25) is 0 Å². The highest BCUT2D eigenvalue weighted by atomic mass is 16.5. The van der Waals surface area contributed by atoms with Crippen molar-refractivity contribution in [3.63, 3.8) is 0 Å². The van der Waals surface area contributed by atoms with Crippen LogP contribution in [0.4, 0.5) is 0 Å². The second-order valence-corrected chi connectivity index (χ2v) is 4.58. The molecule has 1 N–H and O–H groups in total. The maximum Gasteiger partial charge on any atom is 0.339 e. The van der Waals surface area contributed by atoms with Crippen molar-refractivity contribution in [2.75, 3.05) is 0 Å². The zero-order valence-corrected chi connectivity index (χ0v) is 8.98. The van der Waals surface area contributed by atoms with E-state index in [9.17, 15) is 4.79 Å². The highest BCUT2D eigenvalue weighted by Gasteiger charge is 2.37. The van der Waals surface area contributed by atoms with Gasteiger partial charge in [-0.15, -0.1) is 0 Å². The quantitative estimate of drug-likeness (QED) is 0.788. The molecule has 0 radical (unpaired) electrons. The van der Waals surface area contributed by atoms with Crippen LogP contribution in [0.25, 0.3) is 0 Å². The Hall–Kier alpha value is -1.51. The number of para-hydroxylation sites is 1. The van der Waals surface area contributed by atoms with Crippen molar-refractivity contribution in [3.8, 4) is 5.75 Å². The van der Waals surface area contributed by atoms with Gasteiger partial charge in [0.05, 0.1) is 0 Å². The third kappa shape index (κ3) is 1.31. The summed E-state index contributed by atoms with van der Waals surface area (Å²) in [6.07, 6.45) is 4.81. The Morgan fingerprint density at radius 1 is 1.31 bits per heavy atom. The van der Waals surface area contributed by atoms with Gasteiger partial charge in [-0.2, -0.15) is 0 Å². The number of aromatic carboxylic acids is 1. The van der Waals surface area contributed by atoms with Crippen molar-refractivity contribution in [2.24, 2.45) is 0 Å². The second-order valence-electron chi connectivity index (χ2n) is 4.58. The molecule has 1 fully saturated rings. The van der Waals surface area contributed by atoms with Gasteiger partial charge in [0.1, 0.15) is 17.4 Å². The molecule has 0 bridgehead atoms. The van der Waals surface area contributed by atoms with Crippen LogP contribution in [0.3, 0.4) is 0 Å². The number of carboxylic acid groups (broad SMARTS) is 1. The molecule has 1 aliphatic carbocycles. The third-order valence-electron chi connectivity index (χ3n) is 3.65.